The Morgan fingerprint density at radius 2 is 1.86 bits per heavy atom. The summed E-state index contributed by atoms with van der Waals surface area (Å²) in [5.41, 5.74) is 1.17. The Balaban J connectivity index is 1.78. The van der Waals surface area contributed by atoms with Gasteiger partial charge in [0.2, 0.25) is 5.78 Å². The lowest BCUT2D eigenvalue weighted by molar-refractivity contribution is -0.145. The molecule has 0 bridgehead atoms. The van der Waals surface area contributed by atoms with Crippen LogP contribution in [0.3, 0.4) is 0 Å². The largest absolute Gasteiger partial charge is 0.494 e. The van der Waals surface area contributed by atoms with Crippen LogP contribution < -0.4 is 18.9 Å². The average molecular weight is 398 g/mol. The van der Waals surface area contributed by atoms with E-state index in [1.54, 1.807) is 49.4 Å². The number of hydrogen-bond donors (Lipinski definition) is 0. The molecule has 1 aliphatic heterocycles. The summed E-state index contributed by atoms with van der Waals surface area (Å²) in [6.45, 7) is 4.21. The van der Waals surface area contributed by atoms with Crippen molar-refractivity contribution >= 4 is 17.8 Å². The highest BCUT2D eigenvalue weighted by Crippen LogP contribution is 2.36. The van der Waals surface area contributed by atoms with Gasteiger partial charge >= 0.3 is 5.97 Å². The maximum absolute atomic E-state index is 12.6. The molecule has 0 saturated heterocycles. The molecule has 0 radical (unpaired) electrons. The van der Waals surface area contributed by atoms with E-state index in [2.05, 4.69) is 0 Å². The summed E-state index contributed by atoms with van der Waals surface area (Å²) in [6.07, 6.45) is 1.63. The number of carbonyl (C=O) groups excluding carboxylic acids is 2. The second-order valence-electron chi connectivity index (χ2n) is 6.03. The Morgan fingerprint density at radius 1 is 1.03 bits per heavy atom. The molecular formula is C22H22O7. The van der Waals surface area contributed by atoms with Crippen molar-refractivity contribution in [3.63, 3.8) is 0 Å². The van der Waals surface area contributed by atoms with Crippen LogP contribution in [0, 0.1) is 0 Å². The predicted molar refractivity (Wildman–Crippen MR) is 106 cm³/mol. The quantitative estimate of drug-likeness (QED) is 0.496. The van der Waals surface area contributed by atoms with Crippen molar-refractivity contribution in [1.82, 2.24) is 0 Å². The van der Waals surface area contributed by atoms with Gasteiger partial charge < -0.3 is 23.7 Å². The molecule has 0 amide bonds. The third-order valence-corrected chi connectivity index (χ3v) is 4.09. The lowest BCUT2D eigenvalue weighted by atomic mass is 10.1. The molecule has 2 aromatic rings. The van der Waals surface area contributed by atoms with E-state index in [0.717, 1.165) is 0 Å². The summed E-state index contributed by atoms with van der Waals surface area (Å²) in [5, 5.41) is 0. The van der Waals surface area contributed by atoms with E-state index in [1.807, 2.05) is 6.92 Å². The molecule has 3 rings (SSSR count). The molecule has 0 aliphatic carbocycles. The molecule has 0 fully saturated rings. The van der Waals surface area contributed by atoms with Crippen LogP contribution in [0.25, 0.3) is 6.08 Å². The predicted octanol–water partition coefficient (Wildman–Crippen LogP) is 3.65. The first kappa shape index (κ1) is 20.3. The van der Waals surface area contributed by atoms with Crippen LogP contribution in [0.5, 0.6) is 23.0 Å². The van der Waals surface area contributed by atoms with Gasteiger partial charge in [0.05, 0.1) is 25.9 Å². The topological polar surface area (TPSA) is 80.3 Å². The van der Waals surface area contributed by atoms with Crippen LogP contribution in [-0.4, -0.2) is 38.7 Å². The molecule has 0 N–H and O–H groups in total. The number of Topliss-reactive ketones (excluding diaryl/α,β-unsaturated/α-hetero) is 1. The number of rotatable bonds is 8. The van der Waals surface area contributed by atoms with Gasteiger partial charge in [0.15, 0.2) is 23.9 Å². The summed E-state index contributed by atoms with van der Waals surface area (Å²) in [4.78, 5) is 24.1. The van der Waals surface area contributed by atoms with E-state index in [-0.39, 0.29) is 24.8 Å². The number of allylic oxidation sites excluding steroid dienone is 1. The fraction of sp³-hybridized carbons (Fsp3) is 0.273. The molecule has 1 aliphatic rings. The Bertz CT molecular complexity index is 946. The van der Waals surface area contributed by atoms with Crippen molar-refractivity contribution in [3.05, 3.63) is 53.3 Å². The van der Waals surface area contributed by atoms with Crippen LogP contribution in [-0.2, 0) is 9.53 Å². The Labute approximate surface area is 168 Å². The van der Waals surface area contributed by atoms with E-state index in [1.165, 1.54) is 7.11 Å². The van der Waals surface area contributed by atoms with Gasteiger partial charge in [-0.25, -0.2) is 4.79 Å². The molecule has 0 aromatic heterocycles. The molecule has 7 heteroatoms. The van der Waals surface area contributed by atoms with Crippen LogP contribution in [0.1, 0.15) is 29.8 Å². The minimum atomic E-state index is -0.463. The lowest BCUT2D eigenvalue weighted by Gasteiger charge is -2.11. The van der Waals surface area contributed by atoms with Crippen LogP contribution in [0.2, 0.25) is 0 Å². The molecule has 29 heavy (non-hydrogen) atoms. The molecule has 0 spiro atoms. The summed E-state index contributed by atoms with van der Waals surface area (Å²) < 4.78 is 26.8. The lowest BCUT2D eigenvalue weighted by Crippen LogP contribution is -2.14. The number of ether oxygens (including phenoxy) is 5. The minimum Gasteiger partial charge on any atom is -0.494 e. The molecule has 0 saturated carbocycles. The average Bonchev–Trinajstić information content (AvgIpc) is 3.02. The van der Waals surface area contributed by atoms with Gasteiger partial charge in [-0.1, -0.05) is 6.07 Å². The first-order valence-corrected chi connectivity index (χ1v) is 9.23. The normalized spacial score (nSPS) is 13.6. The Hall–Kier alpha value is -3.48. The highest BCUT2D eigenvalue weighted by atomic mass is 16.6. The summed E-state index contributed by atoms with van der Waals surface area (Å²) >= 11 is 0. The summed E-state index contributed by atoms with van der Waals surface area (Å²) in [7, 11) is 1.49. The number of benzene rings is 2. The number of methoxy groups -OCH3 is 1. The third kappa shape index (κ3) is 4.68. The summed E-state index contributed by atoms with van der Waals surface area (Å²) in [5.74, 6) is 1.46. The monoisotopic (exact) mass is 398 g/mol. The van der Waals surface area contributed by atoms with Gasteiger partial charge in [-0.15, -0.1) is 0 Å². The Morgan fingerprint density at radius 3 is 2.59 bits per heavy atom. The van der Waals surface area contributed by atoms with Gasteiger partial charge in [-0.05, 0) is 49.8 Å². The van der Waals surface area contributed by atoms with Gasteiger partial charge in [0.1, 0.15) is 11.5 Å². The molecule has 7 nitrogen and oxygen atoms in total. The van der Waals surface area contributed by atoms with E-state index in [9.17, 15) is 9.59 Å². The smallest absolute Gasteiger partial charge is 0.344 e. The van der Waals surface area contributed by atoms with Crippen molar-refractivity contribution < 1.29 is 33.3 Å². The number of carbonyl (C=O) groups is 2. The molecule has 1 heterocycles. The number of fused-ring (bicyclic) bond motifs is 1. The van der Waals surface area contributed by atoms with Gasteiger partial charge in [0.25, 0.3) is 0 Å². The van der Waals surface area contributed by atoms with Crippen molar-refractivity contribution in [2.24, 2.45) is 0 Å². The summed E-state index contributed by atoms with van der Waals surface area (Å²) in [6, 6.07) is 10.2. The first-order chi connectivity index (χ1) is 14.0. The van der Waals surface area contributed by atoms with Crippen molar-refractivity contribution in [2.75, 3.05) is 26.9 Å². The SMILES string of the molecule is CCOC(=O)COc1ccc(/C=C2\Oc3cc(OCC)ccc3C2=O)cc1OC. The van der Waals surface area contributed by atoms with E-state index in [0.29, 0.717) is 40.7 Å². The maximum Gasteiger partial charge on any atom is 0.344 e. The molecule has 2 aromatic carbocycles. The highest BCUT2D eigenvalue weighted by Gasteiger charge is 2.27. The zero-order chi connectivity index (χ0) is 20.8. The minimum absolute atomic E-state index is 0.204. The van der Waals surface area contributed by atoms with Crippen molar-refractivity contribution in [1.29, 1.82) is 0 Å². The zero-order valence-electron chi connectivity index (χ0n) is 16.5. The van der Waals surface area contributed by atoms with Crippen LogP contribution >= 0.6 is 0 Å². The fourth-order valence-corrected chi connectivity index (χ4v) is 2.81. The number of ketones is 1. The fourth-order valence-electron chi connectivity index (χ4n) is 2.81. The molecule has 0 unspecified atom stereocenters. The van der Waals surface area contributed by atoms with E-state index >= 15 is 0 Å². The number of hydrogen-bond acceptors (Lipinski definition) is 7. The van der Waals surface area contributed by atoms with Gasteiger partial charge in [-0.2, -0.15) is 0 Å². The van der Waals surface area contributed by atoms with Crippen LogP contribution in [0.15, 0.2) is 42.2 Å². The third-order valence-electron chi connectivity index (χ3n) is 4.09. The molecule has 0 atom stereocenters. The van der Waals surface area contributed by atoms with Gasteiger partial charge in [0, 0.05) is 6.07 Å². The van der Waals surface area contributed by atoms with Crippen LogP contribution in [0.4, 0.5) is 0 Å². The standard InChI is InChI=1S/C22H22O7/c1-4-26-15-7-8-16-18(12-15)29-20(22(16)24)11-14-6-9-17(19(10-14)25-3)28-13-21(23)27-5-2/h6-12H,4-5,13H2,1-3H3/b20-11-. The zero-order valence-corrected chi connectivity index (χ0v) is 16.5. The second-order valence-corrected chi connectivity index (χ2v) is 6.03. The van der Waals surface area contributed by atoms with E-state index < -0.39 is 5.97 Å². The molecular weight excluding hydrogens is 376 g/mol. The second kappa shape index (κ2) is 9.14. The van der Waals surface area contributed by atoms with Crippen molar-refractivity contribution in [3.8, 4) is 23.0 Å². The first-order valence-electron chi connectivity index (χ1n) is 9.23. The molecule has 152 valence electrons. The Kier molecular flexibility index (Phi) is 6.39. The number of esters is 1. The van der Waals surface area contributed by atoms with E-state index in [4.69, 9.17) is 23.7 Å². The van der Waals surface area contributed by atoms with Gasteiger partial charge in [-0.3, -0.25) is 4.79 Å². The maximum atomic E-state index is 12.6. The van der Waals surface area contributed by atoms with Crippen molar-refractivity contribution in [2.45, 2.75) is 13.8 Å². The highest BCUT2D eigenvalue weighted by molar-refractivity contribution is 6.14.